The lowest BCUT2D eigenvalue weighted by Gasteiger charge is -2.31. The molecule has 1 N–H and O–H groups in total. The van der Waals surface area contributed by atoms with Gasteiger partial charge in [-0.1, -0.05) is 18.5 Å². The molecule has 2 aromatic rings. The number of aromatic nitrogens is 1. The van der Waals surface area contributed by atoms with Crippen LogP contribution in [0.5, 0.6) is 0 Å². The highest BCUT2D eigenvalue weighted by Crippen LogP contribution is 2.22. The van der Waals surface area contributed by atoms with Crippen LogP contribution in [0, 0.1) is 5.92 Å². The lowest BCUT2D eigenvalue weighted by atomic mass is 9.99. The third-order valence-corrected chi connectivity index (χ3v) is 4.47. The van der Waals surface area contributed by atoms with Crippen molar-refractivity contribution in [2.24, 2.45) is 5.92 Å². The van der Waals surface area contributed by atoms with E-state index in [1.54, 1.807) is 30.5 Å². The minimum absolute atomic E-state index is 0.164. The molecule has 1 aromatic carbocycles. The number of carbonyl (C=O) groups is 1. The largest absolute Gasteiger partial charge is 0.357 e. The van der Waals surface area contributed by atoms with Gasteiger partial charge in [0.25, 0.3) is 5.91 Å². The second-order valence-electron chi connectivity index (χ2n) is 6.04. The Hall–Kier alpha value is -2.07. The fourth-order valence-electron chi connectivity index (χ4n) is 2.69. The van der Waals surface area contributed by atoms with Crippen molar-refractivity contribution < 1.29 is 4.79 Å². The minimum atomic E-state index is -0.164. The highest BCUT2D eigenvalue weighted by atomic mass is 35.5. The van der Waals surface area contributed by atoms with Gasteiger partial charge < -0.3 is 10.2 Å². The summed E-state index contributed by atoms with van der Waals surface area (Å²) in [5.74, 6) is 1.61. The van der Waals surface area contributed by atoms with Gasteiger partial charge in [0.1, 0.15) is 5.82 Å². The van der Waals surface area contributed by atoms with Crippen molar-refractivity contribution in [3.05, 3.63) is 53.2 Å². The summed E-state index contributed by atoms with van der Waals surface area (Å²) in [7, 11) is 0. The number of pyridine rings is 1. The van der Waals surface area contributed by atoms with Crippen molar-refractivity contribution in [2.75, 3.05) is 23.3 Å². The van der Waals surface area contributed by atoms with Crippen molar-refractivity contribution in [3.8, 4) is 0 Å². The standard InChI is InChI=1S/C18H20ClN3O/c1-13-8-10-22(11-9-13)17-7-6-16(12-20-17)21-18(23)14-2-4-15(19)5-3-14/h2-7,12-13H,8-11H2,1H3,(H,21,23). The number of halogens is 1. The molecule has 3 rings (SSSR count). The quantitative estimate of drug-likeness (QED) is 0.916. The monoisotopic (exact) mass is 329 g/mol. The van der Waals surface area contributed by atoms with Crippen molar-refractivity contribution in [3.63, 3.8) is 0 Å². The molecule has 23 heavy (non-hydrogen) atoms. The van der Waals surface area contributed by atoms with Crippen LogP contribution < -0.4 is 10.2 Å². The Kier molecular flexibility index (Phi) is 4.82. The van der Waals surface area contributed by atoms with Gasteiger partial charge in [-0.2, -0.15) is 0 Å². The Morgan fingerprint density at radius 3 is 2.48 bits per heavy atom. The van der Waals surface area contributed by atoms with Crippen LogP contribution in [0.15, 0.2) is 42.6 Å². The van der Waals surface area contributed by atoms with Crippen LogP contribution in [0.4, 0.5) is 11.5 Å². The molecule has 1 fully saturated rings. The third kappa shape index (κ3) is 4.02. The van der Waals surface area contributed by atoms with E-state index < -0.39 is 0 Å². The van der Waals surface area contributed by atoms with Crippen molar-refractivity contribution in [2.45, 2.75) is 19.8 Å². The van der Waals surface area contributed by atoms with Gasteiger partial charge in [0.2, 0.25) is 0 Å². The van der Waals surface area contributed by atoms with Crippen molar-refractivity contribution in [1.82, 2.24) is 4.98 Å². The predicted octanol–water partition coefficient (Wildman–Crippen LogP) is 4.22. The Morgan fingerprint density at radius 2 is 1.87 bits per heavy atom. The normalized spacial score (nSPS) is 15.5. The summed E-state index contributed by atoms with van der Waals surface area (Å²) < 4.78 is 0. The van der Waals surface area contributed by atoms with E-state index in [0.29, 0.717) is 16.3 Å². The lowest BCUT2D eigenvalue weighted by molar-refractivity contribution is 0.102. The molecule has 0 atom stereocenters. The topological polar surface area (TPSA) is 45.2 Å². The Labute approximate surface area is 141 Å². The number of carbonyl (C=O) groups excluding carboxylic acids is 1. The molecule has 1 amide bonds. The van der Waals surface area contributed by atoms with E-state index in [9.17, 15) is 4.79 Å². The number of benzene rings is 1. The number of nitrogens with one attached hydrogen (secondary N) is 1. The van der Waals surface area contributed by atoms with Crippen LogP contribution in [0.3, 0.4) is 0 Å². The molecular weight excluding hydrogens is 310 g/mol. The zero-order chi connectivity index (χ0) is 16.2. The molecule has 0 spiro atoms. The molecular formula is C18H20ClN3O. The smallest absolute Gasteiger partial charge is 0.255 e. The van der Waals surface area contributed by atoms with E-state index in [0.717, 1.165) is 24.8 Å². The van der Waals surface area contributed by atoms with Gasteiger partial charge in [-0.05, 0) is 55.2 Å². The summed E-state index contributed by atoms with van der Waals surface area (Å²) in [4.78, 5) is 18.9. The maximum Gasteiger partial charge on any atom is 0.255 e. The summed E-state index contributed by atoms with van der Waals surface area (Å²) in [6.07, 6.45) is 4.12. The molecule has 0 aliphatic carbocycles. The van der Waals surface area contributed by atoms with E-state index in [-0.39, 0.29) is 5.91 Å². The molecule has 1 saturated heterocycles. The van der Waals surface area contributed by atoms with Gasteiger partial charge in [0.05, 0.1) is 11.9 Å². The maximum absolute atomic E-state index is 12.2. The van der Waals surface area contributed by atoms with E-state index in [1.165, 1.54) is 12.8 Å². The van der Waals surface area contributed by atoms with Gasteiger partial charge in [-0.3, -0.25) is 4.79 Å². The van der Waals surface area contributed by atoms with Crippen LogP contribution in [0.25, 0.3) is 0 Å². The number of amides is 1. The number of hydrogen-bond donors (Lipinski definition) is 1. The van der Waals surface area contributed by atoms with Crippen molar-refractivity contribution >= 4 is 29.0 Å². The van der Waals surface area contributed by atoms with Crippen molar-refractivity contribution in [1.29, 1.82) is 0 Å². The minimum Gasteiger partial charge on any atom is -0.357 e. The van der Waals surface area contributed by atoms with Gasteiger partial charge >= 0.3 is 0 Å². The number of hydrogen-bond acceptors (Lipinski definition) is 3. The van der Waals surface area contributed by atoms with Gasteiger partial charge in [-0.15, -0.1) is 0 Å². The second-order valence-corrected chi connectivity index (χ2v) is 6.47. The SMILES string of the molecule is CC1CCN(c2ccc(NC(=O)c3ccc(Cl)cc3)cn2)CC1. The first-order chi connectivity index (χ1) is 11.1. The van der Waals surface area contributed by atoms with E-state index in [1.807, 2.05) is 12.1 Å². The van der Waals surface area contributed by atoms with Gasteiger partial charge in [0.15, 0.2) is 0 Å². The first kappa shape index (κ1) is 15.8. The van der Waals surface area contributed by atoms with E-state index in [4.69, 9.17) is 11.6 Å². The summed E-state index contributed by atoms with van der Waals surface area (Å²) >= 11 is 5.83. The average molecular weight is 330 g/mol. The number of piperidine rings is 1. The predicted molar refractivity (Wildman–Crippen MR) is 94.3 cm³/mol. The number of rotatable bonds is 3. The highest BCUT2D eigenvalue weighted by Gasteiger charge is 2.16. The Bertz CT molecular complexity index is 662. The van der Waals surface area contributed by atoms with Crippen LogP contribution in [-0.2, 0) is 0 Å². The number of nitrogens with zero attached hydrogens (tertiary/aromatic N) is 2. The molecule has 0 saturated carbocycles. The summed E-state index contributed by atoms with van der Waals surface area (Å²) in [6.45, 7) is 4.38. The number of anilines is 2. The van der Waals surface area contributed by atoms with Gasteiger partial charge in [0, 0.05) is 23.7 Å². The molecule has 2 heterocycles. The molecule has 120 valence electrons. The molecule has 0 unspecified atom stereocenters. The molecule has 0 bridgehead atoms. The van der Waals surface area contributed by atoms with Crippen LogP contribution in [0.1, 0.15) is 30.1 Å². The molecule has 4 nitrogen and oxygen atoms in total. The van der Waals surface area contributed by atoms with Crippen LogP contribution in [-0.4, -0.2) is 24.0 Å². The van der Waals surface area contributed by atoms with Gasteiger partial charge in [-0.25, -0.2) is 4.98 Å². The third-order valence-electron chi connectivity index (χ3n) is 4.22. The van der Waals surface area contributed by atoms with Crippen LogP contribution in [0.2, 0.25) is 5.02 Å². The summed E-state index contributed by atoms with van der Waals surface area (Å²) in [5.41, 5.74) is 1.27. The maximum atomic E-state index is 12.2. The van der Waals surface area contributed by atoms with E-state index >= 15 is 0 Å². The lowest BCUT2D eigenvalue weighted by Crippen LogP contribution is -2.33. The summed E-state index contributed by atoms with van der Waals surface area (Å²) in [5, 5.41) is 3.47. The Morgan fingerprint density at radius 1 is 1.17 bits per heavy atom. The molecule has 5 heteroatoms. The molecule has 1 aliphatic rings. The zero-order valence-corrected chi connectivity index (χ0v) is 13.9. The van der Waals surface area contributed by atoms with Crippen LogP contribution >= 0.6 is 11.6 Å². The fraction of sp³-hybridized carbons (Fsp3) is 0.333. The summed E-state index contributed by atoms with van der Waals surface area (Å²) in [6, 6.07) is 10.7. The first-order valence-corrected chi connectivity index (χ1v) is 8.27. The first-order valence-electron chi connectivity index (χ1n) is 7.90. The Balaban J connectivity index is 1.63. The zero-order valence-electron chi connectivity index (χ0n) is 13.1. The fourth-order valence-corrected chi connectivity index (χ4v) is 2.82. The molecule has 1 aromatic heterocycles. The van der Waals surface area contributed by atoms with E-state index in [2.05, 4.69) is 22.1 Å². The molecule has 1 aliphatic heterocycles. The second kappa shape index (κ2) is 7.01. The average Bonchev–Trinajstić information content (AvgIpc) is 2.57. The highest BCUT2D eigenvalue weighted by molar-refractivity contribution is 6.30. The molecule has 0 radical (unpaired) electrons.